The van der Waals surface area contributed by atoms with Gasteiger partial charge >= 0.3 is 0 Å². The second-order valence-electron chi connectivity index (χ2n) is 5.83. The molecule has 0 fully saturated rings. The fraction of sp³-hybridized carbons (Fsp3) is 0.222. The number of hydrogen-bond acceptors (Lipinski definition) is 7. The van der Waals surface area contributed by atoms with E-state index in [0.717, 1.165) is 11.1 Å². The minimum Gasteiger partial charge on any atom is -0.491 e. The van der Waals surface area contributed by atoms with Gasteiger partial charge in [-0.3, -0.25) is 14.7 Å². The molecule has 4 rings (SSSR count). The number of carbonyl (C=O) groups is 1. The van der Waals surface area contributed by atoms with E-state index >= 15 is 0 Å². The summed E-state index contributed by atoms with van der Waals surface area (Å²) in [4.78, 5) is 23.2. The maximum atomic E-state index is 12.7. The predicted molar refractivity (Wildman–Crippen MR) is 92.3 cm³/mol. The molecule has 0 bridgehead atoms. The van der Waals surface area contributed by atoms with Crippen LogP contribution in [0.4, 0.5) is 5.82 Å². The molecule has 132 valence electrons. The van der Waals surface area contributed by atoms with Crippen LogP contribution in [0.15, 0.2) is 35.2 Å². The van der Waals surface area contributed by atoms with Crippen LogP contribution < -0.4 is 14.4 Å². The molecule has 8 heteroatoms. The lowest BCUT2D eigenvalue weighted by Gasteiger charge is -2.10. The molecule has 3 aromatic heterocycles. The number of methoxy groups -OCH3 is 2. The smallest absolute Gasteiger partial charge is 0.262 e. The van der Waals surface area contributed by atoms with Crippen molar-refractivity contribution in [1.82, 2.24) is 15.1 Å². The number of carbonyl (C=O) groups excluding carboxylic acids is 1. The lowest BCUT2D eigenvalue weighted by molar-refractivity contribution is 0.0994. The van der Waals surface area contributed by atoms with Gasteiger partial charge in [-0.25, -0.2) is 4.98 Å². The first kappa shape index (κ1) is 16.1. The van der Waals surface area contributed by atoms with E-state index < -0.39 is 0 Å². The molecule has 0 aliphatic carbocycles. The van der Waals surface area contributed by atoms with Crippen molar-refractivity contribution in [2.45, 2.75) is 13.5 Å². The molecule has 8 nitrogen and oxygen atoms in total. The first-order valence-corrected chi connectivity index (χ1v) is 7.93. The first-order valence-electron chi connectivity index (χ1n) is 7.93. The van der Waals surface area contributed by atoms with Crippen LogP contribution in [0, 0.1) is 6.92 Å². The van der Waals surface area contributed by atoms with Gasteiger partial charge in [-0.1, -0.05) is 5.16 Å². The van der Waals surface area contributed by atoms with Gasteiger partial charge in [-0.2, -0.15) is 0 Å². The Morgan fingerprint density at radius 1 is 1.23 bits per heavy atom. The lowest BCUT2D eigenvalue weighted by Crippen LogP contribution is -2.23. The highest BCUT2D eigenvalue weighted by Crippen LogP contribution is 2.33. The van der Waals surface area contributed by atoms with Gasteiger partial charge in [0.2, 0.25) is 0 Å². The summed E-state index contributed by atoms with van der Waals surface area (Å²) in [5.41, 5.74) is 3.63. The highest BCUT2D eigenvalue weighted by atomic mass is 16.5. The molecule has 1 aliphatic heterocycles. The fourth-order valence-electron chi connectivity index (χ4n) is 3.05. The Kier molecular flexibility index (Phi) is 3.80. The van der Waals surface area contributed by atoms with Crippen LogP contribution in [0.2, 0.25) is 0 Å². The van der Waals surface area contributed by atoms with E-state index in [2.05, 4.69) is 15.1 Å². The predicted octanol–water partition coefficient (Wildman–Crippen LogP) is 2.62. The van der Waals surface area contributed by atoms with E-state index in [1.807, 2.05) is 19.1 Å². The quantitative estimate of drug-likeness (QED) is 0.713. The van der Waals surface area contributed by atoms with Gasteiger partial charge < -0.3 is 14.0 Å². The number of hydrogen-bond donors (Lipinski definition) is 0. The summed E-state index contributed by atoms with van der Waals surface area (Å²) in [5, 5.41) is 3.85. The number of aryl methyl sites for hydroxylation is 1. The van der Waals surface area contributed by atoms with Crippen LogP contribution in [0.25, 0.3) is 11.3 Å². The molecular weight excluding hydrogens is 336 g/mol. The van der Waals surface area contributed by atoms with Crippen LogP contribution >= 0.6 is 0 Å². The van der Waals surface area contributed by atoms with Crippen LogP contribution in [-0.2, 0) is 6.54 Å². The molecule has 0 unspecified atom stereocenters. The van der Waals surface area contributed by atoms with Crippen LogP contribution in [0.3, 0.4) is 0 Å². The standard InChI is InChI=1S/C18H16N4O4/c1-10-6-12(11-7-14(24-2)17(25-3)19-8-11)20-13-9-22(18(23)16(10)13)15-4-5-26-21-15/h4-8H,9H2,1-3H3. The Hall–Kier alpha value is -3.42. The molecule has 0 saturated heterocycles. The minimum absolute atomic E-state index is 0.129. The zero-order valence-corrected chi connectivity index (χ0v) is 14.5. The maximum Gasteiger partial charge on any atom is 0.262 e. The molecule has 1 aliphatic rings. The fourth-order valence-corrected chi connectivity index (χ4v) is 3.05. The third-order valence-electron chi connectivity index (χ3n) is 4.29. The van der Waals surface area contributed by atoms with Gasteiger partial charge in [0.1, 0.15) is 6.26 Å². The minimum atomic E-state index is -0.129. The third kappa shape index (κ3) is 2.46. The third-order valence-corrected chi connectivity index (χ3v) is 4.29. The number of amides is 1. The van der Waals surface area contributed by atoms with E-state index in [1.54, 1.807) is 24.3 Å². The Labute approximate surface area is 149 Å². The summed E-state index contributed by atoms with van der Waals surface area (Å²) in [6, 6.07) is 5.33. The topological polar surface area (TPSA) is 90.6 Å². The molecule has 0 N–H and O–H groups in total. The molecule has 3 aromatic rings. The van der Waals surface area contributed by atoms with Crippen molar-refractivity contribution in [3.63, 3.8) is 0 Å². The van der Waals surface area contributed by atoms with Gasteiger partial charge in [0.25, 0.3) is 11.8 Å². The molecule has 26 heavy (non-hydrogen) atoms. The zero-order chi connectivity index (χ0) is 18.3. The normalized spacial score (nSPS) is 13.0. The molecule has 0 atom stereocenters. The molecule has 0 saturated carbocycles. The van der Waals surface area contributed by atoms with E-state index in [9.17, 15) is 4.79 Å². The van der Waals surface area contributed by atoms with Crippen molar-refractivity contribution < 1.29 is 18.8 Å². The van der Waals surface area contributed by atoms with E-state index in [4.69, 9.17) is 14.0 Å². The van der Waals surface area contributed by atoms with Crippen molar-refractivity contribution in [2.75, 3.05) is 19.1 Å². The molecule has 0 radical (unpaired) electrons. The Balaban J connectivity index is 1.76. The Morgan fingerprint density at radius 2 is 2.08 bits per heavy atom. The molecular formula is C18H16N4O4. The second-order valence-corrected chi connectivity index (χ2v) is 5.83. The van der Waals surface area contributed by atoms with Crippen LogP contribution in [-0.4, -0.2) is 35.3 Å². The van der Waals surface area contributed by atoms with Crippen LogP contribution in [0.5, 0.6) is 11.6 Å². The second kappa shape index (κ2) is 6.14. The summed E-state index contributed by atoms with van der Waals surface area (Å²) in [7, 11) is 3.09. The van der Waals surface area contributed by atoms with E-state index in [1.165, 1.54) is 13.4 Å². The summed E-state index contributed by atoms with van der Waals surface area (Å²) in [6.45, 7) is 2.23. The molecule has 1 amide bonds. The first-order chi connectivity index (χ1) is 12.6. The highest BCUT2D eigenvalue weighted by molar-refractivity contribution is 6.10. The summed E-state index contributed by atoms with van der Waals surface area (Å²) in [5.74, 6) is 1.27. The van der Waals surface area contributed by atoms with E-state index in [-0.39, 0.29) is 5.91 Å². The average Bonchev–Trinajstić information content (AvgIpc) is 3.29. The number of pyridine rings is 2. The number of fused-ring (bicyclic) bond motifs is 1. The van der Waals surface area contributed by atoms with Crippen molar-refractivity contribution in [1.29, 1.82) is 0 Å². The number of nitrogens with zero attached hydrogens (tertiary/aromatic N) is 4. The summed E-state index contributed by atoms with van der Waals surface area (Å²) < 4.78 is 15.3. The zero-order valence-electron chi connectivity index (χ0n) is 14.5. The largest absolute Gasteiger partial charge is 0.491 e. The highest BCUT2D eigenvalue weighted by Gasteiger charge is 2.33. The van der Waals surface area contributed by atoms with Gasteiger partial charge in [0.15, 0.2) is 11.6 Å². The van der Waals surface area contributed by atoms with Gasteiger partial charge in [0, 0.05) is 17.8 Å². The summed E-state index contributed by atoms with van der Waals surface area (Å²) in [6.07, 6.45) is 3.11. The summed E-state index contributed by atoms with van der Waals surface area (Å²) >= 11 is 0. The molecule has 0 spiro atoms. The van der Waals surface area contributed by atoms with Gasteiger partial charge in [-0.05, 0) is 24.6 Å². The number of anilines is 1. The lowest BCUT2D eigenvalue weighted by atomic mass is 10.1. The number of ether oxygens (including phenoxy) is 2. The van der Waals surface area contributed by atoms with Gasteiger partial charge in [0.05, 0.1) is 37.7 Å². The Morgan fingerprint density at radius 3 is 2.77 bits per heavy atom. The van der Waals surface area contributed by atoms with Crippen molar-refractivity contribution in [2.24, 2.45) is 0 Å². The van der Waals surface area contributed by atoms with Crippen molar-refractivity contribution in [3.8, 4) is 22.9 Å². The van der Waals surface area contributed by atoms with Gasteiger partial charge in [-0.15, -0.1) is 0 Å². The van der Waals surface area contributed by atoms with E-state index in [0.29, 0.717) is 40.9 Å². The molecule has 4 heterocycles. The number of rotatable bonds is 4. The monoisotopic (exact) mass is 352 g/mol. The number of aromatic nitrogens is 3. The van der Waals surface area contributed by atoms with Crippen molar-refractivity contribution >= 4 is 11.7 Å². The van der Waals surface area contributed by atoms with Crippen molar-refractivity contribution in [3.05, 3.63) is 47.5 Å². The maximum absolute atomic E-state index is 12.7. The molecule has 0 aromatic carbocycles. The van der Waals surface area contributed by atoms with Crippen LogP contribution in [0.1, 0.15) is 21.6 Å². The average molecular weight is 352 g/mol. The Bertz CT molecular complexity index is 985. The SMILES string of the molecule is COc1cc(-c2cc(C)c3c(n2)CN(c2ccon2)C3=O)cnc1OC.